The molecule has 1 aromatic carbocycles. The van der Waals surface area contributed by atoms with Crippen LogP contribution in [0.5, 0.6) is 5.75 Å². The van der Waals surface area contributed by atoms with E-state index in [1.807, 2.05) is 24.3 Å². The second kappa shape index (κ2) is 4.56. The van der Waals surface area contributed by atoms with Crippen LogP contribution >= 0.6 is 0 Å². The lowest BCUT2D eigenvalue weighted by molar-refractivity contribution is 0.291. The molecule has 3 heteroatoms. The van der Waals surface area contributed by atoms with Crippen molar-refractivity contribution in [3.05, 3.63) is 29.8 Å². The molecule has 0 radical (unpaired) electrons. The quantitative estimate of drug-likeness (QED) is 0.782. The SMILES string of the molecule is COc1cccc(C2=N[C@@H](C(C)C)CO2)c1. The van der Waals surface area contributed by atoms with E-state index >= 15 is 0 Å². The Bertz CT molecular complexity index is 399. The summed E-state index contributed by atoms with van der Waals surface area (Å²) in [6.07, 6.45) is 0. The van der Waals surface area contributed by atoms with Gasteiger partial charge >= 0.3 is 0 Å². The van der Waals surface area contributed by atoms with Gasteiger partial charge < -0.3 is 9.47 Å². The van der Waals surface area contributed by atoms with Crippen molar-refractivity contribution in [1.82, 2.24) is 0 Å². The topological polar surface area (TPSA) is 30.8 Å². The fourth-order valence-electron chi connectivity index (χ4n) is 1.64. The molecule has 16 heavy (non-hydrogen) atoms. The van der Waals surface area contributed by atoms with E-state index in [0.717, 1.165) is 17.2 Å². The lowest BCUT2D eigenvalue weighted by Crippen LogP contribution is -2.13. The summed E-state index contributed by atoms with van der Waals surface area (Å²) in [6.45, 7) is 5.00. The lowest BCUT2D eigenvalue weighted by atomic mass is 10.1. The number of hydrogen-bond donors (Lipinski definition) is 0. The number of methoxy groups -OCH3 is 1. The van der Waals surface area contributed by atoms with Gasteiger partial charge in [0, 0.05) is 5.56 Å². The number of rotatable bonds is 3. The van der Waals surface area contributed by atoms with Crippen LogP contribution in [-0.4, -0.2) is 25.7 Å². The maximum atomic E-state index is 5.61. The van der Waals surface area contributed by atoms with Gasteiger partial charge in [-0.25, -0.2) is 4.99 Å². The normalized spacial score (nSPS) is 19.5. The van der Waals surface area contributed by atoms with E-state index in [4.69, 9.17) is 9.47 Å². The molecule has 0 spiro atoms. The molecule has 0 aromatic heterocycles. The van der Waals surface area contributed by atoms with Crippen molar-refractivity contribution in [2.24, 2.45) is 10.9 Å². The minimum atomic E-state index is 0.279. The monoisotopic (exact) mass is 219 g/mol. The maximum Gasteiger partial charge on any atom is 0.216 e. The molecule has 0 saturated heterocycles. The molecule has 1 heterocycles. The van der Waals surface area contributed by atoms with Gasteiger partial charge in [0.2, 0.25) is 5.90 Å². The zero-order chi connectivity index (χ0) is 11.5. The van der Waals surface area contributed by atoms with Crippen LogP contribution in [0.3, 0.4) is 0 Å². The van der Waals surface area contributed by atoms with Crippen LogP contribution in [-0.2, 0) is 4.74 Å². The Hall–Kier alpha value is -1.51. The van der Waals surface area contributed by atoms with Gasteiger partial charge in [0.25, 0.3) is 0 Å². The Morgan fingerprint density at radius 2 is 2.25 bits per heavy atom. The number of ether oxygens (including phenoxy) is 2. The summed E-state index contributed by atoms with van der Waals surface area (Å²) in [6, 6.07) is 8.08. The third-order valence-corrected chi connectivity index (χ3v) is 2.76. The second-order valence-corrected chi connectivity index (χ2v) is 4.29. The highest BCUT2D eigenvalue weighted by Crippen LogP contribution is 2.20. The predicted molar refractivity (Wildman–Crippen MR) is 64.1 cm³/mol. The van der Waals surface area contributed by atoms with Crippen molar-refractivity contribution in [2.45, 2.75) is 19.9 Å². The van der Waals surface area contributed by atoms with Crippen molar-refractivity contribution >= 4 is 5.90 Å². The Kier molecular flexibility index (Phi) is 3.13. The van der Waals surface area contributed by atoms with Crippen molar-refractivity contribution in [2.75, 3.05) is 13.7 Å². The maximum absolute atomic E-state index is 5.61. The summed E-state index contributed by atoms with van der Waals surface area (Å²) in [5.74, 6) is 2.08. The van der Waals surface area contributed by atoms with Gasteiger partial charge in [-0.15, -0.1) is 0 Å². The van der Waals surface area contributed by atoms with Crippen LogP contribution in [0.4, 0.5) is 0 Å². The van der Waals surface area contributed by atoms with Crippen LogP contribution in [0.25, 0.3) is 0 Å². The first-order valence-electron chi connectivity index (χ1n) is 5.55. The molecular weight excluding hydrogens is 202 g/mol. The third kappa shape index (κ3) is 2.18. The van der Waals surface area contributed by atoms with Crippen LogP contribution in [0.1, 0.15) is 19.4 Å². The molecule has 0 N–H and O–H groups in total. The predicted octanol–water partition coefficient (Wildman–Crippen LogP) is 2.50. The van der Waals surface area contributed by atoms with Gasteiger partial charge in [-0.1, -0.05) is 19.9 Å². The summed E-state index contributed by atoms with van der Waals surface area (Å²) in [5, 5.41) is 0. The smallest absolute Gasteiger partial charge is 0.216 e. The summed E-state index contributed by atoms with van der Waals surface area (Å²) >= 11 is 0. The molecule has 1 atom stereocenters. The average molecular weight is 219 g/mol. The van der Waals surface area contributed by atoms with Crippen molar-refractivity contribution < 1.29 is 9.47 Å². The molecule has 2 rings (SSSR count). The van der Waals surface area contributed by atoms with Crippen LogP contribution < -0.4 is 4.74 Å². The van der Waals surface area contributed by atoms with E-state index in [0.29, 0.717) is 12.5 Å². The van der Waals surface area contributed by atoms with Gasteiger partial charge in [0.05, 0.1) is 13.2 Å². The van der Waals surface area contributed by atoms with E-state index in [1.165, 1.54) is 0 Å². The minimum absolute atomic E-state index is 0.279. The molecule has 1 aliphatic rings. The van der Waals surface area contributed by atoms with Crippen molar-refractivity contribution in [3.8, 4) is 5.75 Å². The van der Waals surface area contributed by atoms with E-state index in [-0.39, 0.29) is 6.04 Å². The van der Waals surface area contributed by atoms with Gasteiger partial charge in [0.15, 0.2) is 0 Å². The fourth-order valence-corrected chi connectivity index (χ4v) is 1.64. The van der Waals surface area contributed by atoms with Gasteiger partial charge in [-0.2, -0.15) is 0 Å². The van der Waals surface area contributed by atoms with E-state index in [1.54, 1.807) is 7.11 Å². The number of nitrogens with zero attached hydrogens (tertiary/aromatic N) is 1. The van der Waals surface area contributed by atoms with Gasteiger partial charge in [-0.05, 0) is 24.1 Å². The number of aliphatic imine (C=N–C) groups is 1. The fraction of sp³-hybridized carbons (Fsp3) is 0.462. The van der Waals surface area contributed by atoms with Crippen LogP contribution in [0, 0.1) is 5.92 Å². The van der Waals surface area contributed by atoms with E-state index in [9.17, 15) is 0 Å². The molecule has 0 unspecified atom stereocenters. The molecule has 1 aromatic rings. The zero-order valence-corrected chi connectivity index (χ0v) is 9.93. The molecular formula is C13H17NO2. The molecule has 0 amide bonds. The molecule has 0 fully saturated rings. The standard InChI is InChI=1S/C13H17NO2/c1-9(2)12-8-16-13(14-12)10-5-4-6-11(7-10)15-3/h4-7,9,12H,8H2,1-3H3/t12-/m1/s1. The summed E-state index contributed by atoms with van der Waals surface area (Å²) < 4.78 is 10.8. The number of hydrogen-bond acceptors (Lipinski definition) is 3. The number of benzene rings is 1. The van der Waals surface area contributed by atoms with Gasteiger partial charge in [-0.3, -0.25) is 0 Å². The molecule has 0 bridgehead atoms. The molecule has 3 nitrogen and oxygen atoms in total. The Labute approximate surface area is 96.1 Å². The highest BCUT2D eigenvalue weighted by atomic mass is 16.5. The zero-order valence-electron chi connectivity index (χ0n) is 9.93. The van der Waals surface area contributed by atoms with E-state index < -0.39 is 0 Å². The van der Waals surface area contributed by atoms with Gasteiger partial charge in [0.1, 0.15) is 12.4 Å². The minimum Gasteiger partial charge on any atom is -0.497 e. The first-order chi connectivity index (χ1) is 7.70. The van der Waals surface area contributed by atoms with Crippen molar-refractivity contribution in [1.29, 1.82) is 0 Å². The first kappa shape index (κ1) is 11.0. The Morgan fingerprint density at radius 1 is 1.44 bits per heavy atom. The molecule has 0 aliphatic carbocycles. The Balaban J connectivity index is 2.21. The second-order valence-electron chi connectivity index (χ2n) is 4.29. The molecule has 1 aliphatic heterocycles. The summed E-state index contributed by atoms with van der Waals surface area (Å²) in [5.41, 5.74) is 0.988. The average Bonchev–Trinajstić information content (AvgIpc) is 2.78. The summed E-state index contributed by atoms with van der Waals surface area (Å²) in [4.78, 5) is 4.57. The third-order valence-electron chi connectivity index (χ3n) is 2.76. The molecule has 86 valence electrons. The molecule has 0 saturated carbocycles. The Morgan fingerprint density at radius 3 is 2.88 bits per heavy atom. The summed E-state index contributed by atoms with van der Waals surface area (Å²) in [7, 11) is 1.66. The van der Waals surface area contributed by atoms with Crippen LogP contribution in [0.2, 0.25) is 0 Å². The highest BCUT2D eigenvalue weighted by Gasteiger charge is 2.22. The first-order valence-corrected chi connectivity index (χ1v) is 5.55. The largest absolute Gasteiger partial charge is 0.497 e. The highest BCUT2D eigenvalue weighted by molar-refractivity contribution is 5.95. The van der Waals surface area contributed by atoms with Crippen LogP contribution in [0.15, 0.2) is 29.3 Å². The lowest BCUT2D eigenvalue weighted by Gasteiger charge is -2.06. The van der Waals surface area contributed by atoms with Crippen molar-refractivity contribution in [3.63, 3.8) is 0 Å². The van der Waals surface area contributed by atoms with E-state index in [2.05, 4.69) is 18.8 Å².